The van der Waals surface area contributed by atoms with E-state index in [1.54, 1.807) is 0 Å². The maximum atomic E-state index is 6.25. The summed E-state index contributed by atoms with van der Waals surface area (Å²) < 4.78 is 17.8. The normalized spacial score (nSPS) is 23.7. The van der Waals surface area contributed by atoms with Crippen molar-refractivity contribution in [2.45, 2.75) is 38.8 Å². The SMILES string of the molecule is CCOc1ccc([C@@H]2Nc3ccc(Cl)cc3[C@H]3OCCC[C@H]32)cc1OCC. The standard InChI is InChI=1S/C22H26ClNO3/c1-3-25-19-10-7-14(12-20(19)26-4-2)21-16-6-5-11-27-22(16)17-13-15(23)8-9-18(17)24-21/h7-10,12-13,16,21-22,24H,3-6,11H2,1-2H3/t16-,21-,22-/m0/s1. The molecule has 0 spiro atoms. The zero-order chi connectivity index (χ0) is 18.8. The minimum atomic E-state index is 0.0702. The summed E-state index contributed by atoms with van der Waals surface area (Å²) >= 11 is 6.25. The maximum absolute atomic E-state index is 6.25. The van der Waals surface area contributed by atoms with E-state index in [1.165, 1.54) is 11.1 Å². The molecule has 0 saturated carbocycles. The number of ether oxygens (including phenoxy) is 3. The molecule has 2 aromatic carbocycles. The first-order chi connectivity index (χ1) is 13.2. The van der Waals surface area contributed by atoms with Gasteiger partial charge in [-0.25, -0.2) is 0 Å². The van der Waals surface area contributed by atoms with Gasteiger partial charge in [-0.3, -0.25) is 0 Å². The van der Waals surface area contributed by atoms with Crippen molar-refractivity contribution in [2.75, 3.05) is 25.1 Å². The number of hydrogen-bond acceptors (Lipinski definition) is 4. The largest absolute Gasteiger partial charge is 0.490 e. The van der Waals surface area contributed by atoms with Crippen LogP contribution in [-0.4, -0.2) is 19.8 Å². The Bertz CT molecular complexity index is 810. The molecule has 27 heavy (non-hydrogen) atoms. The van der Waals surface area contributed by atoms with Gasteiger partial charge in [0.1, 0.15) is 0 Å². The summed E-state index contributed by atoms with van der Waals surface area (Å²) in [4.78, 5) is 0. The van der Waals surface area contributed by atoms with Gasteiger partial charge in [-0.1, -0.05) is 17.7 Å². The molecule has 0 bridgehead atoms. The van der Waals surface area contributed by atoms with E-state index in [9.17, 15) is 0 Å². The Morgan fingerprint density at radius 1 is 1.07 bits per heavy atom. The third-order valence-corrected chi connectivity index (χ3v) is 5.59. The average Bonchev–Trinajstić information content (AvgIpc) is 2.69. The van der Waals surface area contributed by atoms with Crippen molar-refractivity contribution in [3.05, 3.63) is 52.5 Å². The third kappa shape index (κ3) is 3.61. The van der Waals surface area contributed by atoms with E-state index in [-0.39, 0.29) is 12.1 Å². The second-order valence-corrected chi connectivity index (χ2v) is 7.46. The fourth-order valence-corrected chi connectivity index (χ4v) is 4.41. The highest BCUT2D eigenvalue weighted by atomic mass is 35.5. The highest BCUT2D eigenvalue weighted by Gasteiger charge is 2.40. The molecule has 2 aliphatic heterocycles. The van der Waals surface area contributed by atoms with Crippen LogP contribution in [0.2, 0.25) is 5.02 Å². The molecule has 5 heteroatoms. The molecular formula is C22H26ClNO3. The van der Waals surface area contributed by atoms with Crippen LogP contribution in [0.15, 0.2) is 36.4 Å². The fraction of sp³-hybridized carbons (Fsp3) is 0.455. The molecule has 2 aromatic rings. The molecule has 0 aliphatic carbocycles. The van der Waals surface area contributed by atoms with Gasteiger partial charge in [-0.2, -0.15) is 0 Å². The van der Waals surface area contributed by atoms with Crippen molar-refractivity contribution in [2.24, 2.45) is 5.92 Å². The first-order valence-electron chi connectivity index (χ1n) is 9.78. The molecule has 4 nitrogen and oxygen atoms in total. The van der Waals surface area contributed by atoms with Gasteiger partial charge in [0.25, 0.3) is 0 Å². The smallest absolute Gasteiger partial charge is 0.161 e. The van der Waals surface area contributed by atoms with Gasteiger partial charge in [0, 0.05) is 28.8 Å². The number of nitrogens with one attached hydrogen (secondary N) is 1. The van der Waals surface area contributed by atoms with Crippen molar-refractivity contribution >= 4 is 17.3 Å². The molecular weight excluding hydrogens is 362 g/mol. The molecule has 2 aliphatic rings. The van der Waals surface area contributed by atoms with E-state index in [1.807, 2.05) is 32.0 Å². The molecule has 0 amide bonds. The second kappa shape index (κ2) is 7.99. The summed E-state index contributed by atoms with van der Waals surface area (Å²) in [6, 6.07) is 12.4. The van der Waals surface area contributed by atoms with Gasteiger partial charge in [-0.05, 0) is 62.6 Å². The maximum Gasteiger partial charge on any atom is 0.161 e. The van der Waals surface area contributed by atoms with E-state index < -0.39 is 0 Å². The van der Waals surface area contributed by atoms with E-state index in [0.29, 0.717) is 19.1 Å². The van der Waals surface area contributed by atoms with Crippen LogP contribution in [-0.2, 0) is 4.74 Å². The van der Waals surface area contributed by atoms with Crippen LogP contribution < -0.4 is 14.8 Å². The molecule has 1 N–H and O–H groups in total. The van der Waals surface area contributed by atoms with Crippen LogP contribution in [0, 0.1) is 5.92 Å². The number of hydrogen-bond donors (Lipinski definition) is 1. The molecule has 0 aromatic heterocycles. The average molecular weight is 388 g/mol. The second-order valence-electron chi connectivity index (χ2n) is 7.02. The number of fused-ring (bicyclic) bond motifs is 3. The lowest BCUT2D eigenvalue weighted by atomic mass is 9.77. The minimum Gasteiger partial charge on any atom is -0.490 e. The Morgan fingerprint density at radius 2 is 1.89 bits per heavy atom. The third-order valence-electron chi connectivity index (χ3n) is 5.35. The summed E-state index contributed by atoms with van der Waals surface area (Å²) in [5.41, 5.74) is 3.46. The van der Waals surface area contributed by atoms with Crippen LogP contribution in [0.3, 0.4) is 0 Å². The molecule has 3 atom stereocenters. The van der Waals surface area contributed by atoms with Crippen molar-refractivity contribution in [1.82, 2.24) is 0 Å². The zero-order valence-corrected chi connectivity index (χ0v) is 16.6. The highest BCUT2D eigenvalue weighted by molar-refractivity contribution is 6.30. The predicted octanol–water partition coefficient (Wildman–Crippen LogP) is 5.77. The van der Waals surface area contributed by atoms with Crippen molar-refractivity contribution in [1.29, 1.82) is 0 Å². The van der Waals surface area contributed by atoms with Crippen LogP contribution in [0.1, 0.15) is 50.0 Å². The summed E-state index contributed by atoms with van der Waals surface area (Å²) in [6.07, 6.45) is 2.26. The summed E-state index contributed by atoms with van der Waals surface area (Å²) in [6.45, 7) is 6.00. The lowest BCUT2D eigenvalue weighted by molar-refractivity contribution is -0.0381. The van der Waals surface area contributed by atoms with Crippen LogP contribution in [0.4, 0.5) is 5.69 Å². The molecule has 0 radical (unpaired) electrons. The topological polar surface area (TPSA) is 39.7 Å². The number of rotatable bonds is 5. The van der Waals surface area contributed by atoms with Gasteiger partial charge in [0.2, 0.25) is 0 Å². The number of halogens is 1. The monoisotopic (exact) mass is 387 g/mol. The van der Waals surface area contributed by atoms with Crippen LogP contribution in [0.25, 0.3) is 0 Å². The Labute approximate surface area is 165 Å². The lowest BCUT2D eigenvalue weighted by Gasteiger charge is -2.43. The summed E-state index contributed by atoms with van der Waals surface area (Å²) in [5, 5.41) is 4.48. The molecule has 2 heterocycles. The first kappa shape index (κ1) is 18.5. The number of anilines is 1. The predicted molar refractivity (Wildman–Crippen MR) is 108 cm³/mol. The van der Waals surface area contributed by atoms with E-state index in [0.717, 1.165) is 41.7 Å². The lowest BCUT2D eigenvalue weighted by Crippen LogP contribution is -2.36. The van der Waals surface area contributed by atoms with Crippen molar-refractivity contribution in [3.8, 4) is 11.5 Å². The van der Waals surface area contributed by atoms with Gasteiger partial charge in [0.05, 0.1) is 25.4 Å². The Morgan fingerprint density at radius 3 is 2.70 bits per heavy atom. The number of benzene rings is 2. The fourth-order valence-electron chi connectivity index (χ4n) is 4.23. The van der Waals surface area contributed by atoms with Crippen LogP contribution in [0.5, 0.6) is 11.5 Å². The Kier molecular flexibility index (Phi) is 5.46. The van der Waals surface area contributed by atoms with E-state index in [2.05, 4.69) is 23.5 Å². The molecule has 1 fully saturated rings. The summed E-state index contributed by atoms with van der Waals surface area (Å²) in [5.74, 6) is 1.95. The van der Waals surface area contributed by atoms with Crippen LogP contribution >= 0.6 is 11.6 Å². The molecule has 144 valence electrons. The van der Waals surface area contributed by atoms with Gasteiger partial charge < -0.3 is 19.5 Å². The minimum absolute atomic E-state index is 0.0702. The Balaban J connectivity index is 1.72. The van der Waals surface area contributed by atoms with Crippen molar-refractivity contribution in [3.63, 3.8) is 0 Å². The summed E-state index contributed by atoms with van der Waals surface area (Å²) in [7, 11) is 0. The van der Waals surface area contributed by atoms with Crippen molar-refractivity contribution < 1.29 is 14.2 Å². The Hall–Kier alpha value is -1.91. The van der Waals surface area contributed by atoms with E-state index >= 15 is 0 Å². The molecule has 1 saturated heterocycles. The quantitative estimate of drug-likeness (QED) is 0.706. The first-order valence-corrected chi connectivity index (χ1v) is 10.2. The molecule has 4 rings (SSSR count). The molecule has 0 unspecified atom stereocenters. The van der Waals surface area contributed by atoms with E-state index in [4.69, 9.17) is 25.8 Å². The van der Waals surface area contributed by atoms with Gasteiger partial charge >= 0.3 is 0 Å². The highest BCUT2D eigenvalue weighted by Crippen LogP contribution is 2.50. The zero-order valence-electron chi connectivity index (χ0n) is 15.8. The van der Waals surface area contributed by atoms with Gasteiger partial charge in [0.15, 0.2) is 11.5 Å². The van der Waals surface area contributed by atoms with Gasteiger partial charge in [-0.15, -0.1) is 0 Å².